The summed E-state index contributed by atoms with van der Waals surface area (Å²) >= 11 is 0. The number of carbonyl (C=O) groups excluding carboxylic acids is 1. The predicted octanol–water partition coefficient (Wildman–Crippen LogP) is 0.435. The van der Waals surface area contributed by atoms with E-state index in [0.717, 1.165) is 5.82 Å². The number of aromatic nitrogens is 1. The molecule has 0 aliphatic rings. The molecule has 82 valence electrons. The molecule has 0 atom stereocenters. The maximum Gasteiger partial charge on any atom is 0.225 e. The highest BCUT2D eigenvalue weighted by Crippen LogP contribution is 2.20. The second kappa shape index (κ2) is 5.31. The van der Waals surface area contributed by atoms with Crippen LogP contribution in [0.3, 0.4) is 0 Å². The van der Waals surface area contributed by atoms with Crippen LogP contribution in [0.5, 0.6) is 0 Å². The van der Waals surface area contributed by atoms with E-state index in [1.165, 1.54) is 0 Å². The maximum atomic E-state index is 11.3. The monoisotopic (exact) mass is 208 g/mol. The van der Waals surface area contributed by atoms with E-state index in [1.807, 2.05) is 25.1 Å². The molecule has 0 aliphatic heterocycles. The lowest BCUT2D eigenvalue weighted by Crippen LogP contribution is -2.19. The number of rotatable bonds is 4. The average molecular weight is 208 g/mol. The van der Waals surface area contributed by atoms with Gasteiger partial charge in [0.15, 0.2) is 5.82 Å². The molecule has 0 fully saturated rings. The highest BCUT2D eigenvalue weighted by molar-refractivity contribution is 5.93. The van der Waals surface area contributed by atoms with E-state index in [4.69, 9.17) is 5.73 Å². The van der Waals surface area contributed by atoms with E-state index in [9.17, 15) is 4.79 Å². The van der Waals surface area contributed by atoms with Gasteiger partial charge in [0.1, 0.15) is 0 Å². The van der Waals surface area contributed by atoms with Crippen molar-refractivity contribution in [3.63, 3.8) is 0 Å². The quantitative estimate of drug-likeness (QED) is 0.753. The van der Waals surface area contributed by atoms with Crippen LogP contribution < -0.4 is 16.0 Å². The maximum absolute atomic E-state index is 11.3. The van der Waals surface area contributed by atoms with E-state index >= 15 is 0 Å². The number of nitrogens with zero attached hydrogens (tertiary/aromatic N) is 2. The second-order valence-electron chi connectivity index (χ2n) is 3.36. The lowest BCUT2D eigenvalue weighted by molar-refractivity contribution is -0.116. The Balaban J connectivity index is 2.80. The van der Waals surface area contributed by atoms with E-state index in [0.29, 0.717) is 18.7 Å². The van der Waals surface area contributed by atoms with Crippen molar-refractivity contribution in [3.05, 3.63) is 18.3 Å². The summed E-state index contributed by atoms with van der Waals surface area (Å²) in [5.74, 6) is 0.650. The molecule has 0 bridgehead atoms. The predicted molar refractivity (Wildman–Crippen MR) is 60.9 cm³/mol. The highest BCUT2D eigenvalue weighted by atomic mass is 16.1. The van der Waals surface area contributed by atoms with Crippen molar-refractivity contribution in [2.75, 3.05) is 30.9 Å². The summed E-state index contributed by atoms with van der Waals surface area (Å²) in [6.45, 7) is 0.351. The summed E-state index contributed by atoms with van der Waals surface area (Å²) in [4.78, 5) is 17.4. The number of carbonyl (C=O) groups is 1. The van der Waals surface area contributed by atoms with Crippen LogP contribution in [-0.4, -0.2) is 31.5 Å². The number of pyridine rings is 1. The third-order valence-electron chi connectivity index (χ3n) is 1.86. The van der Waals surface area contributed by atoms with E-state index < -0.39 is 0 Å². The Morgan fingerprint density at radius 3 is 2.93 bits per heavy atom. The lowest BCUT2D eigenvalue weighted by Gasteiger charge is -2.15. The average Bonchev–Trinajstić information content (AvgIpc) is 2.18. The molecule has 15 heavy (non-hydrogen) atoms. The Bertz CT molecular complexity index is 338. The van der Waals surface area contributed by atoms with Crippen molar-refractivity contribution in [3.8, 4) is 0 Å². The molecule has 0 unspecified atom stereocenters. The van der Waals surface area contributed by atoms with Crippen molar-refractivity contribution in [2.45, 2.75) is 6.42 Å². The molecule has 1 aromatic heterocycles. The van der Waals surface area contributed by atoms with Crippen LogP contribution in [0.15, 0.2) is 18.3 Å². The molecule has 0 saturated carbocycles. The number of nitrogens with two attached hydrogens (primary N) is 1. The molecule has 0 aliphatic carbocycles. The van der Waals surface area contributed by atoms with Crippen LogP contribution in [0.2, 0.25) is 0 Å². The normalized spacial score (nSPS) is 9.80. The molecule has 0 spiro atoms. The molecule has 0 saturated heterocycles. The summed E-state index contributed by atoms with van der Waals surface area (Å²) in [5.41, 5.74) is 6.00. The molecule has 0 aromatic carbocycles. The Kier molecular flexibility index (Phi) is 4.05. The van der Waals surface area contributed by atoms with Crippen LogP contribution in [0.4, 0.5) is 11.5 Å². The van der Waals surface area contributed by atoms with Crippen LogP contribution in [0.25, 0.3) is 0 Å². The van der Waals surface area contributed by atoms with Crippen LogP contribution in [0.1, 0.15) is 6.42 Å². The summed E-state index contributed by atoms with van der Waals surface area (Å²) in [7, 11) is 3.75. The first kappa shape index (κ1) is 11.5. The van der Waals surface area contributed by atoms with Gasteiger partial charge in [0.2, 0.25) is 5.91 Å². The van der Waals surface area contributed by atoms with Gasteiger partial charge in [0.05, 0.1) is 5.69 Å². The van der Waals surface area contributed by atoms with Gasteiger partial charge in [0, 0.05) is 33.3 Å². The van der Waals surface area contributed by atoms with Crippen LogP contribution in [0, 0.1) is 0 Å². The minimum atomic E-state index is -0.0893. The molecule has 5 heteroatoms. The molecule has 1 aromatic rings. The smallest absolute Gasteiger partial charge is 0.225 e. The first-order valence-electron chi connectivity index (χ1n) is 4.77. The van der Waals surface area contributed by atoms with Crippen LogP contribution in [-0.2, 0) is 4.79 Å². The topological polar surface area (TPSA) is 71.2 Å². The SMILES string of the molecule is CN(C)c1ncccc1NC(=O)CCN. The van der Waals surface area contributed by atoms with Crippen molar-refractivity contribution in [1.29, 1.82) is 0 Å². The standard InChI is InChI=1S/C10H16N4O/c1-14(2)10-8(4-3-7-12-10)13-9(15)5-6-11/h3-4,7H,5-6,11H2,1-2H3,(H,13,15). The van der Waals surface area contributed by atoms with E-state index in [1.54, 1.807) is 12.3 Å². The first-order chi connectivity index (χ1) is 7.15. The molecular weight excluding hydrogens is 192 g/mol. The molecule has 1 amide bonds. The fraction of sp³-hybridized carbons (Fsp3) is 0.400. The number of hydrogen-bond donors (Lipinski definition) is 2. The number of nitrogens with one attached hydrogen (secondary N) is 1. The third-order valence-corrected chi connectivity index (χ3v) is 1.86. The fourth-order valence-corrected chi connectivity index (χ4v) is 1.19. The van der Waals surface area contributed by atoms with Gasteiger partial charge in [-0.15, -0.1) is 0 Å². The minimum Gasteiger partial charge on any atom is -0.361 e. The molecule has 3 N–H and O–H groups in total. The van der Waals surface area contributed by atoms with Gasteiger partial charge >= 0.3 is 0 Å². The molecule has 1 heterocycles. The summed E-state index contributed by atoms with van der Waals surface area (Å²) < 4.78 is 0. The summed E-state index contributed by atoms with van der Waals surface area (Å²) in [6, 6.07) is 3.60. The molecule has 0 radical (unpaired) electrons. The Hall–Kier alpha value is -1.62. The van der Waals surface area contributed by atoms with Gasteiger partial charge in [0.25, 0.3) is 0 Å². The molecule has 1 rings (SSSR count). The number of hydrogen-bond acceptors (Lipinski definition) is 4. The Labute approximate surface area is 89.3 Å². The third kappa shape index (κ3) is 3.21. The van der Waals surface area contributed by atoms with Crippen molar-refractivity contribution in [1.82, 2.24) is 4.98 Å². The minimum absolute atomic E-state index is 0.0893. The number of amides is 1. The lowest BCUT2D eigenvalue weighted by atomic mass is 10.3. The molecular formula is C10H16N4O. The Morgan fingerprint density at radius 2 is 2.33 bits per heavy atom. The zero-order chi connectivity index (χ0) is 11.3. The highest BCUT2D eigenvalue weighted by Gasteiger charge is 2.07. The van der Waals surface area contributed by atoms with Gasteiger partial charge in [-0.25, -0.2) is 4.98 Å². The summed E-state index contributed by atoms with van der Waals surface area (Å²) in [5, 5.41) is 2.77. The zero-order valence-corrected chi connectivity index (χ0v) is 9.03. The fourth-order valence-electron chi connectivity index (χ4n) is 1.19. The van der Waals surface area contributed by atoms with Crippen molar-refractivity contribution in [2.24, 2.45) is 5.73 Å². The van der Waals surface area contributed by atoms with Gasteiger partial charge in [-0.1, -0.05) is 0 Å². The summed E-state index contributed by atoms with van der Waals surface area (Å²) in [6.07, 6.45) is 2.01. The van der Waals surface area contributed by atoms with Gasteiger partial charge in [-0.2, -0.15) is 0 Å². The van der Waals surface area contributed by atoms with Crippen molar-refractivity contribution >= 4 is 17.4 Å². The van der Waals surface area contributed by atoms with Crippen molar-refractivity contribution < 1.29 is 4.79 Å². The van der Waals surface area contributed by atoms with Gasteiger partial charge in [-0.3, -0.25) is 4.79 Å². The van der Waals surface area contributed by atoms with E-state index in [-0.39, 0.29) is 5.91 Å². The molecule has 5 nitrogen and oxygen atoms in total. The first-order valence-corrected chi connectivity index (χ1v) is 4.77. The second-order valence-corrected chi connectivity index (χ2v) is 3.36. The van der Waals surface area contributed by atoms with Gasteiger partial charge < -0.3 is 16.0 Å². The zero-order valence-electron chi connectivity index (χ0n) is 9.03. The van der Waals surface area contributed by atoms with Gasteiger partial charge in [-0.05, 0) is 12.1 Å². The Morgan fingerprint density at radius 1 is 1.60 bits per heavy atom. The van der Waals surface area contributed by atoms with E-state index in [2.05, 4.69) is 10.3 Å². The number of anilines is 2. The largest absolute Gasteiger partial charge is 0.361 e. The van der Waals surface area contributed by atoms with Crippen LogP contribution >= 0.6 is 0 Å².